The van der Waals surface area contributed by atoms with Crippen molar-refractivity contribution in [2.45, 2.75) is 25.1 Å². The number of rotatable bonds is 8. The highest BCUT2D eigenvalue weighted by molar-refractivity contribution is 6.04. The highest BCUT2D eigenvalue weighted by Crippen LogP contribution is 2.18. The molecule has 1 aromatic rings. The molecule has 1 unspecified atom stereocenters. The zero-order valence-corrected chi connectivity index (χ0v) is 16.9. The number of fused-ring (bicyclic) bond motifs is 1. The topological polar surface area (TPSA) is 101 Å². The maximum Gasteiger partial charge on any atom is 0.267 e. The molecule has 1 amide bonds. The van der Waals surface area contributed by atoms with Crippen LogP contribution in [0.15, 0.2) is 46.0 Å². The Balaban J connectivity index is 1.49. The number of carbonyl (C=O) groups is 1. The summed E-state index contributed by atoms with van der Waals surface area (Å²) in [5, 5.41) is 19.2. The lowest BCUT2D eigenvalue weighted by Gasteiger charge is -2.30. The van der Waals surface area contributed by atoms with Crippen LogP contribution in [0.4, 0.5) is 0 Å². The lowest BCUT2D eigenvalue weighted by atomic mass is 10.00. The lowest BCUT2D eigenvalue weighted by molar-refractivity contribution is -0.118. The summed E-state index contributed by atoms with van der Waals surface area (Å²) in [6.45, 7) is 7.56. The quantitative estimate of drug-likeness (QED) is 0.274. The van der Waals surface area contributed by atoms with E-state index in [4.69, 9.17) is 0 Å². The molecule has 0 aromatic heterocycles. The Morgan fingerprint density at radius 2 is 2.17 bits per heavy atom. The third-order valence-corrected chi connectivity index (χ3v) is 5.20. The van der Waals surface area contributed by atoms with E-state index in [0.29, 0.717) is 18.1 Å². The number of hydrogen-bond donors (Lipinski definition) is 4. The number of nitrogens with zero attached hydrogens (tertiary/aromatic N) is 3. The molecule has 8 nitrogen and oxygen atoms in total. The average Bonchev–Trinajstić information content (AvgIpc) is 2.71. The highest BCUT2D eigenvalue weighted by Gasteiger charge is 2.20. The number of β-amino-alcohol motifs (C(OH)–C–C–N with tert-alkyl or cyclic N) is 1. The minimum atomic E-state index is -0.644. The summed E-state index contributed by atoms with van der Waals surface area (Å²) >= 11 is 0. The first-order chi connectivity index (χ1) is 14.1. The van der Waals surface area contributed by atoms with E-state index in [-0.39, 0.29) is 18.5 Å². The number of likely N-dealkylation sites (N-methyl/N-ethyl adjacent to an activating group) is 1. The third-order valence-electron chi connectivity index (χ3n) is 5.20. The standard InChI is InChI=1S/C21H30N6O2/c1-22-19(9-20(23-2)26-17-10-24-11-17)21(29)25-12-18(28)14-27-8-7-15-5-3-4-6-16(15)13-27/h3-6,9,17-18,22,24,28H,2,7-8,10-14H2,1H3,(H,25,29). The molecule has 1 atom stereocenters. The van der Waals surface area contributed by atoms with Crippen LogP contribution in [0.25, 0.3) is 0 Å². The highest BCUT2D eigenvalue weighted by atomic mass is 16.3. The second-order valence-corrected chi connectivity index (χ2v) is 7.38. The summed E-state index contributed by atoms with van der Waals surface area (Å²) < 4.78 is 0. The van der Waals surface area contributed by atoms with Crippen LogP contribution in [0.2, 0.25) is 0 Å². The summed E-state index contributed by atoms with van der Waals surface area (Å²) in [6, 6.07) is 8.57. The molecule has 1 aromatic carbocycles. The Kier molecular flexibility index (Phi) is 7.51. The van der Waals surface area contributed by atoms with Gasteiger partial charge >= 0.3 is 0 Å². The van der Waals surface area contributed by atoms with Gasteiger partial charge in [-0.05, 0) is 24.3 Å². The smallest absolute Gasteiger partial charge is 0.267 e. The van der Waals surface area contributed by atoms with Gasteiger partial charge in [-0.25, -0.2) is 4.99 Å². The van der Waals surface area contributed by atoms with Crippen LogP contribution < -0.4 is 16.0 Å². The second kappa shape index (κ2) is 10.3. The number of carbonyl (C=O) groups excluding carboxylic acids is 1. The van der Waals surface area contributed by atoms with Crippen LogP contribution in [0.1, 0.15) is 11.1 Å². The fraction of sp³-hybridized carbons (Fsp3) is 0.476. The number of aliphatic hydroxyl groups excluding tert-OH is 1. The van der Waals surface area contributed by atoms with Crippen LogP contribution in [0, 0.1) is 0 Å². The van der Waals surface area contributed by atoms with E-state index < -0.39 is 6.10 Å². The average molecular weight is 399 g/mol. The van der Waals surface area contributed by atoms with Crippen molar-refractivity contribution in [3.05, 3.63) is 47.2 Å². The van der Waals surface area contributed by atoms with Gasteiger partial charge < -0.3 is 21.1 Å². The van der Waals surface area contributed by atoms with Crippen molar-refractivity contribution >= 4 is 18.5 Å². The Labute approximate surface area is 171 Å². The molecule has 4 N–H and O–H groups in total. The van der Waals surface area contributed by atoms with Crippen molar-refractivity contribution in [1.82, 2.24) is 20.9 Å². The monoisotopic (exact) mass is 398 g/mol. The number of aliphatic hydroxyl groups is 1. The molecular formula is C21H30N6O2. The molecule has 0 spiro atoms. The number of aliphatic imine (C=N–C) groups is 2. The van der Waals surface area contributed by atoms with E-state index in [1.54, 1.807) is 13.1 Å². The predicted molar refractivity (Wildman–Crippen MR) is 115 cm³/mol. The molecule has 2 aliphatic rings. The van der Waals surface area contributed by atoms with Crippen molar-refractivity contribution < 1.29 is 9.90 Å². The first kappa shape index (κ1) is 21.2. The molecule has 0 saturated carbocycles. The van der Waals surface area contributed by atoms with Crippen LogP contribution in [0.3, 0.4) is 0 Å². The Hall–Kier alpha value is -2.55. The predicted octanol–water partition coefficient (Wildman–Crippen LogP) is -0.304. The summed E-state index contributed by atoms with van der Waals surface area (Å²) in [7, 11) is 1.67. The minimum Gasteiger partial charge on any atom is -0.390 e. The third kappa shape index (κ3) is 5.96. The normalized spacial score (nSPS) is 19.1. The lowest BCUT2D eigenvalue weighted by Crippen LogP contribution is -2.46. The molecule has 0 radical (unpaired) electrons. The van der Waals surface area contributed by atoms with Gasteiger partial charge in [0.2, 0.25) is 0 Å². The van der Waals surface area contributed by atoms with E-state index in [1.807, 2.05) is 6.07 Å². The maximum absolute atomic E-state index is 12.5. The van der Waals surface area contributed by atoms with Crippen molar-refractivity contribution in [3.63, 3.8) is 0 Å². The summed E-state index contributed by atoms with van der Waals surface area (Å²) in [5.74, 6) is 0.113. The van der Waals surface area contributed by atoms with Gasteiger partial charge in [-0.1, -0.05) is 24.3 Å². The zero-order chi connectivity index (χ0) is 20.6. The number of nitrogens with one attached hydrogen (secondary N) is 3. The van der Waals surface area contributed by atoms with Gasteiger partial charge in [-0.2, -0.15) is 0 Å². The first-order valence-electron chi connectivity index (χ1n) is 9.99. The van der Waals surface area contributed by atoms with E-state index in [9.17, 15) is 9.90 Å². The van der Waals surface area contributed by atoms with Crippen LogP contribution >= 0.6 is 0 Å². The maximum atomic E-state index is 12.5. The van der Waals surface area contributed by atoms with Crippen LogP contribution in [-0.2, 0) is 17.8 Å². The van der Waals surface area contributed by atoms with Crippen molar-refractivity contribution in [3.8, 4) is 0 Å². The van der Waals surface area contributed by atoms with Crippen molar-refractivity contribution in [2.24, 2.45) is 9.98 Å². The van der Waals surface area contributed by atoms with E-state index in [0.717, 1.165) is 32.6 Å². The Morgan fingerprint density at radius 1 is 1.41 bits per heavy atom. The van der Waals surface area contributed by atoms with E-state index >= 15 is 0 Å². The fourth-order valence-corrected chi connectivity index (χ4v) is 3.43. The SMILES string of the molecule is C=NC(C=C(NC)C(=O)NCC(O)CN1CCc2ccccc2C1)=NC1CNC1. The number of amidine groups is 1. The molecule has 2 heterocycles. The molecule has 1 saturated heterocycles. The molecular weight excluding hydrogens is 368 g/mol. The van der Waals surface area contributed by atoms with Crippen molar-refractivity contribution in [2.75, 3.05) is 39.8 Å². The minimum absolute atomic E-state index is 0.171. The summed E-state index contributed by atoms with van der Waals surface area (Å²) in [4.78, 5) is 23.0. The molecule has 2 aliphatic heterocycles. The van der Waals surface area contributed by atoms with Gasteiger partial charge in [0.1, 0.15) is 11.5 Å². The largest absolute Gasteiger partial charge is 0.390 e. The molecule has 156 valence electrons. The molecule has 8 heteroatoms. The molecule has 0 bridgehead atoms. The van der Waals surface area contributed by atoms with E-state index in [1.165, 1.54) is 11.1 Å². The van der Waals surface area contributed by atoms with E-state index in [2.05, 4.69) is 55.8 Å². The number of amides is 1. The number of benzene rings is 1. The van der Waals surface area contributed by atoms with Gasteiger partial charge in [0.05, 0.1) is 12.1 Å². The van der Waals surface area contributed by atoms with Gasteiger partial charge in [-0.15, -0.1) is 0 Å². The molecule has 1 fully saturated rings. The van der Waals surface area contributed by atoms with Gasteiger partial charge in [0, 0.05) is 52.4 Å². The zero-order valence-electron chi connectivity index (χ0n) is 16.9. The molecule has 0 aliphatic carbocycles. The summed E-state index contributed by atoms with van der Waals surface area (Å²) in [6.07, 6.45) is 1.91. The van der Waals surface area contributed by atoms with Gasteiger partial charge in [-0.3, -0.25) is 14.7 Å². The van der Waals surface area contributed by atoms with Gasteiger partial charge in [0.15, 0.2) is 0 Å². The summed E-state index contributed by atoms with van der Waals surface area (Å²) in [5.41, 5.74) is 3.02. The number of hydrogen-bond acceptors (Lipinski definition) is 6. The van der Waals surface area contributed by atoms with Crippen molar-refractivity contribution in [1.29, 1.82) is 0 Å². The molecule has 3 rings (SSSR count). The van der Waals surface area contributed by atoms with Crippen LogP contribution in [0.5, 0.6) is 0 Å². The molecule has 29 heavy (non-hydrogen) atoms. The first-order valence-corrected chi connectivity index (χ1v) is 9.99. The Bertz CT molecular complexity index is 787. The Morgan fingerprint density at radius 3 is 2.83 bits per heavy atom. The second-order valence-electron chi connectivity index (χ2n) is 7.38. The van der Waals surface area contributed by atoms with Gasteiger partial charge in [0.25, 0.3) is 5.91 Å². The fourth-order valence-electron chi connectivity index (χ4n) is 3.43. The van der Waals surface area contributed by atoms with Crippen LogP contribution in [-0.4, -0.2) is 80.4 Å².